The predicted octanol–water partition coefficient (Wildman–Crippen LogP) is 3.24. The lowest BCUT2D eigenvalue weighted by molar-refractivity contribution is 0.0948. The number of hydrogen-bond acceptors (Lipinski definition) is 1. The summed E-state index contributed by atoms with van der Waals surface area (Å²) < 4.78 is 0.776. The van der Waals surface area contributed by atoms with Gasteiger partial charge in [0.15, 0.2) is 0 Å². The minimum atomic E-state index is -0.0567. The van der Waals surface area contributed by atoms with Gasteiger partial charge >= 0.3 is 0 Å². The SMILES string of the molecule is CC1CC1NC(=O)c1cc(Cl)ccc1Br. The number of benzene rings is 1. The highest BCUT2D eigenvalue weighted by atomic mass is 79.9. The van der Waals surface area contributed by atoms with Crippen LogP contribution in [0.3, 0.4) is 0 Å². The van der Waals surface area contributed by atoms with Crippen molar-refractivity contribution in [3.8, 4) is 0 Å². The third-order valence-electron chi connectivity index (χ3n) is 2.60. The molecule has 2 unspecified atom stereocenters. The van der Waals surface area contributed by atoms with Crippen LogP contribution in [0, 0.1) is 5.92 Å². The van der Waals surface area contributed by atoms with Gasteiger partial charge in [-0.1, -0.05) is 18.5 Å². The number of carbonyl (C=O) groups is 1. The number of amides is 1. The second-order valence-electron chi connectivity index (χ2n) is 3.92. The van der Waals surface area contributed by atoms with Crippen LogP contribution in [0.5, 0.6) is 0 Å². The van der Waals surface area contributed by atoms with Crippen molar-refractivity contribution in [1.29, 1.82) is 0 Å². The normalized spacial score (nSPS) is 23.7. The van der Waals surface area contributed by atoms with Gasteiger partial charge in [0.05, 0.1) is 5.56 Å². The number of halogens is 2. The van der Waals surface area contributed by atoms with E-state index in [1.54, 1.807) is 18.2 Å². The van der Waals surface area contributed by atoms with Crippen molar-refractivity contribution >= 4 is 33.4 Å². The van der Waals surface area contributed by atoms with E-state index in [0.717, 1.165) is 10.9 Å². The topological polar surface area (TPSA) is 29.1 Å². The Hall–Kier alpha value is -0.540. The fourth-order valence-electron chi connectivity index (χ4n) is 1.44. The zero-order valence-electron chi connectivity index (χ0n) is 8.26. The summed E-state index contributed by atoms with van der Waals surface area (Å²) in [5.74, 6) is 0.547. The number of hydrogen-bond donors (Lipinski definition) is 1. The van der Waals surface area contributed by atoms with Crippen LogP contribution >= 0.6 is 27.5 Å². The van der Waals surface area contributed by atoms with Gasteiger partial charge in [0.25, 0.3) is 5.91 Å². The Labute approximate surface area is 102 Å². The average molecular weight is 289 g/mol. The van der Waals surface area contributed by atoms with Crippen LogP contribution in [0.1, 0.15) is 23.7 Å². The van der Waals surface area contributed by atoms with Gasteiger partial charge in [-0.3, -0.25) is 4.79 Å². The number of nitrogens with one attached hydrogen (secondary N) is 1. The molecule has 0 heterocycles. The molecule has 0 aromatic heterocycles. The van der Waals surface area contributed by atoms with E-state index < -0.39 is 0 Å². The van der Waals surface area contributed by atoms with Gasteiger partial charge in [-0.15, -0.1) is 0 Å². The average Bonchev–Trinajstić information content (AvgIpc) is 2.86. The van der Waals surface area contributed by atoms with Crippen molar-refractivity contribution in [2.75, 3.05) is 0 Å². The lowest BCUT2D eigenvalue weighted by atomic mass is 10.2. The van der Waals surface area contributed by atoms with E-state index >= 15 is 0 Å². The highest BCUT2D eigenvalue weighted by Crippen LogP contribution is 2.30. The van der Waals surface area contributed by atoms with Crippen LogP contribution in [-0.4, -0.2) is 11.9 Å². The van der Waals surface area contributed by atoms with E-state index in [4.69, 9.17) is 11.6 Å². The molecule has 1 N–H and O–H groups in total. The van der Waals surface area contributed by atoms with Crippen molar-refractivity contribution in [1.82, 2.24) is 5.32 Å². The highest BCUT2D eigenvalue weighted by Gasteiger charge is 2.34. The van der Waals surface area contributed by atoms with Crippen LogP contribution < -0.4 is 5.32 Å². The Morgan fingerprint density at radius 1 is 1.60 bits per heavy atom. The largest absolute Gasteiger partial charge is 0.349 e. The molecule has 0 saturated heterocycles. The first-order valence-electron chi connectivity index (χ1n) is 4.84. The smallest absolute Gasteiger partial charge is 0.252 e. The molecule has 1 aliphatic rings. The monoisotopic (exact) mass is 287 g/mol. The molecule has 4 heteroatoms. The lowest BCUT2D eigenvalue weighted by Crippen LogP contribution is -2.26. The van der Waals surface area contributed by atoms with Gasteiger partial charge in [0.2, 0.25) is 0 Å². The molecule has 1 saturated carbocycles. The maximum absolute atomic E-state index is 11.8. The maximum atomic E-state index is 11.8. The molecule has 1 amide bonds. The molecule has 0 radical (unpaired) electrons. The van der Waals surface area contributed by atoms with E-state index in [-0.39, 0.29) is 5.91 Å². The molecule has 1 fully saturated rings. The fourth-order valence-corrected chi connectivity index (χ4v) is 2.04. The second-order valence-corrected chi connectivity index (χ2v) is 5.21. The standard InChI is InChI=1S/C11H11BrClNO/c1-6-4-10(6)14-11(15)8-5-7(13)2-3-9(8)12/h2-3,5-6,10H,4H2,1H3,(H,14,15). The molecule has 15 heavy (non-hydrogen) atoms. The lowest BCUT2D eigenvalue weighted by Gasteiger charge is -2.06. The molecule has 0 bridgehead atoms. The molecule has 0 aliphatic heterocycles. The summed E-state index contributed by atoms with van der Waals surface area (Å²) in [5, 5.41) is 3.54. The molecule has 2 atom stereocenters. The van der Waals surface area contributed by atoms with Gasteiger partial charge in [0.1, 0.15) is 0 Å². The van der Waals surface area contributed by atoms with Crippen molar-refractivity contribution < 1.29 is 4.79 Å². The Balaban J connectivity index is 2.14. The summed E-state index contributed by atoms with van der Waals surface area (Å²) in [5.41, 5.74) is 0.599. The van der Waals surface area contributed by atoms with Crippen molar-refractivity contribution in [2.24, 2.45) is 5.92 Å². The van der Waals surface area contributed by atoms with Crippen molar-refractivity contribution in [3.63, 3.8) is 0 Å². The minimum absolute atomic E-state index is 0.0567. The Bertz CT molecular complexity index is 408. The summed E-state index contributed by atoms with van der Waals surface area (Å²) in [6, 6.07) is 5.55. The van der Waals surface area contributed by atoms with Crippen LogP contribution in [0.25, 0.3) is 0 Å². The Morgan fingerprint density at radius 2 is 2.27 bits per heavy atom. The first-order chi connectivity index (χ1) is 7.08. The van der Waals surface area contributed by atoms with Gasteiger partial charge in [-0.05, 0) is 46.5 Å². The Morgan fingerprint density at radius 3 is 2.87 bits per heavy atom. The summed E-state index contributed by atoms with van der Waals surface area (Å²) in [6.07, 6.45) is 1.07. The zero-order valence-corrected chi connectivity index (χ0v) is 10.6. The molecule has 1 aliphatic carbocycles. The Kier molecular flexibility index (Phi) is 3.03. The quantitative estimate of drug-likeness (QED) is 0.889. The van der Waals surface area contributed by atoms with Crippen LogP contribution in [0.4, 0.5) is 0 Å². The van der Waals surface area contributed by atoms with E-state index in [9.17, 15) is 4.79 Å². The van der Waals surface area contributed by atoms with Gasteiger partial charge in [0, 0.05) is 15.5 Å². The summed E-state index contributed by atoms with van der Waals surface area (Å²) in [4.78, 5) is 11.8. The van der Waals surface area contributed by atoms with Crippen molar-refractivity contribution in [3.05, 3.63) is 33.3 Å². The second kappa shape index (κ2) is 4.14. The van der Waals surface area contributed by atoms with E-state index in [1.807, 2.05) is 0 Å². The molecule has 1 aromatic rings. The maximum Gasteiger partial charge on any atom is 0.252 e. The summed E-state index contributed by atoms with van der Waals surface area (Å²) in [7, 11) is 0. The summed E-state index contributed by atoms with van der Waals surface area (Å²) >= 11 is 9.18. The third-order valence-corrected chi connectivity index (χ3v) is 3.53. The highest BCUT2D eigenvalue weighted by molar-refractivity contribution is 9.10. The van der Waals surface area contributed by atoms with Crippen LogP contribution in [-0.2, 0) is 0 Å². The number of carbonyl (C=O) groups excluding carboxylic acids is 1. The number of rotatable bonds is 2. The van der Waals surface area contributed by atoms with Crippen LogP contribution in [0.2, 0.25) is 5.02 Å². The van der Waals surface area contributed by atoms with Gasteiger partial charge < -0.3 is 5.32 Å². The van der Waals surface area contributed by atoms with Gasteiger partial charge in [-0.25, -0.2) is 0 Å². The first-order valence-corrected chi connectivity index (χ1v) is 6.01. The molecule has 1 aromatic carbocycles. The molecular formula is C11H11BrClNO. The molecule has 2 rings (SSSR count). The predicted molar refractivity (Wildman–Crippen MR) is 64.2 cm³/mol. The molecule has 2 nitrogen and oxygen atoms in total. The van der Waals surface area contributed by atoms with E-state index in [0.29, 0.717) is 22.5 Å². The van der Waals surface area contributed by atoms with E-state index in [2.05, 4.69) is 28.2 Å². The van der Waals surface area contributed by atoms with Crippen molar-refractivity contribution in [2.45, 2.75) is 19.4 Å². The fraction of sp³-hybridized carbons (Fsp3) is 0.364. The molecular weight excluding hydrogens is 277 g/mol. The first kappa shape index (κ1) is 11.0. The zero-order chi connectivity index (χ0) is 11.0. The van der Waals surface area contributed by atoms with Crippen LogP contribution in [0.15, 0.2) is 22.7 Å². The van der Waals surface area contributed by atoms with Gasteiger partial charge in [-0.2, -0.15) is 0 Å². The molecule has 80 valence electrons. The van der Waals surface area contributed by atoms with E-state index in [1.165, 1.54) is 0 Å². The third kappa shape index (κ3) is 2.52. The summed E-state index contributed by atoms with van der Waals surface area (Å²) in [6.45, 7) is 2.12. The molecule has 0 spiro atoms. The minimum Gasteiger partial charge on any atom is -0.349 e.